The van der Waals surface area contributed by atoms with Crippen LogP contribution in [0, 0.1) is 13.8 Å². The predicted octanol–water partition coefficient (Wildman–Crippen LogP) is 5.99. The van der Waals surface area contributed by atoms with E-state index >= 15 is 0 Å². The van der Waals surface area contributed by atoms with E-state index in [1.807, 2.05) is 43.8 Å². The highest BCUT2D eigenvalue weighted by molar-refractivity contribution is 6.05. The molecule has 6 rings (SSSR count). The number of hydrogen-bond acceptors (Lipinski definition) is 8. The summed E-state index contributed by atoms with van der Waals surface area (Å²) < 4.78 is 7.30. The Bertz CT molecular complexity index is 2410. The zero-order chi connectivity index (χ0) is 39.4. The van der Waals surface area contributed by atoms with Crippen LogP contribution in [0.4, 0.5) is 11.9 Å². The third-order valence-corrected chi connectivity index (χ3v) is 9.61. The lowest BCUT2D eigenvalue weighted by Crippen LogP contribution is -2.21. The number of nitrogens with zero attached hydrogens (tertiary/aromatic N) is 8. The van der Waals surface area contributed by atoms with Crippen LogP contribution in [0.5, 0.6) is 0 Å². The smallest absolute Gasteiger partial charge is 0.276 e. The van der Waals surface area contributed by atoms with Crippen LogP contribution in [-0.4, -0.2) is 62.3 Å². The summed E-state index contributed by atoms with van der Waals surface area (Å²) in [4.78, 5) is 60.4. The molecular formula is C40H52N12O4. The van der Waals surface area contributed by atoms with Gasteiger partial charge in [0.1, 0.15) is 11.4 Å². The molecule has 2 aromatic carbocycles. The molecule has 0 aliphatic rings. The number of carbonyl (C=O) groups excluding carboxylic acids is 4. The molecule has 0 radical (unpaired) electrons. The van der Waals surface area contributed by atoms with Gasteiger partial charge in [0.25, 0.3) is 11.8 Å². The Morgan fingerprint density at radius 1 is 0.679 bits per heavy atom. The minimum atomic E-state index is -0.544. The maximum absolute atomic E-state index is 13.9. The summed E-state index contributed by atoms with van der Waals surface area (Å²) in [5, 5.41) is 15.3. The molecule has 56 heavy (non-hydrogen) atoms. The van der Waals surface area contributed by atoms with E-state index in [2.05, 4.69) is 30.8 Å². The van der Waals surface area contributed by atoms with Crippen molar-refractivity contribution in [2.24, 2.45) is 11.5 Å². The first kappa shape index (κ1) is 40.9. The Balaban J connectivity index is 0.00000600. The van der Waals surface area contributed by atoms with E-state index in [4.69, 9.17) is 11.5 Å². The Hall–Kier alpha value is -6.32. The maximum atomic E-state index is 13.9. The third kappa shape index (κ3) is 8.33. The molecule has 0 aliphatic heterocycles. The molecule has 0 atom stereocenters. The summed E-state index contributed by atoms with van der Waals surface area (Å²) >= 11 is 0. The van der Waals surface area contributed by atoms with Gasteiger partial charge in [-0.15, -0.1) is 0 Å². The predicted molar refractivity (Wildman–Crippen MR) is 217 cm³/mol. The number of carbonyl (C=O) groups is 4. The van der Waals surface area contributed by atoms with Crippen LogP contribution < -0.4 is 22.1 Å². The molecule has 296 valence electrons. The number of rotatable bonds is 17. The van der Waals surface area contributed by atoms with Crippen LogP contribution in [0.1, 0.15) is 119 Å². The highest BCUT2D eigenvalue weighted by Crippen LogP contribution is 2.25. The molecule has 0 fully saturated rings. The van der Waals surface area contributed by atoms with E-state index in [9.17, 15) is 19.2 Å². The lowest BCUT2D eigenvalue weighted by Gasteiger charge is -2.12. The number of nitrogens with two attached hydrogens (primary N) is 2. The lowest BCUT2D eigenvalue weighted by atomic mass is 10.0. The van der Waals surface area contributed by atoms with Crippen molar-refractivity contribution in [2.75, 3.05) is 10.6 Å². The van der Waals surface area contributed by atoms with E-state index in [1.165, 1.54) is 0 Å². The van der Waals surface area contributed by atoms with Crippen molar-refractivity contribution in [1.29, 1.82) is 0 Å². The number of imidazole rings is 2. The van der Waals surface area contributed by atoms with Crippen molar-refractivity contribution < 1.29 is 19.2 Å². The maximum Gasteiger partial charge on any atom is 0.276 e. The fourth-order valence-electron chi connectivity index (χ4n) is 7.02. The van der Waals surface area contributed by atoms with Gasteiger partial charge >= 0.3 is 0 Å². The van der Waals surface area contributed by atoms with Crippen molar-refractivity contribution in [3.05, 3.63) is 81.9 Å². The first-order chi connectivity index (χ1) is 26.4. The van der Waals surface area contributed by atoms with Crippen molar-refractivity contribution in [3.8, 4) is 0 Å². The van der Waals surface area contributed by atoms with E-state index in [1.54, 1.807) is 51.8 Å². The SMILES string of the molecule is C.CCCn1c(NC(=O)c2cc(C)nn2CCCCCc2c(C)nn(CC)c2C(=O)Nc2nc3cc(C(N)=O)ccc3n2CCC)nc2cc(C(N)=O)ccc21. The van der Waals surface area contributed by atoms with Crippen molar-refractivity contribution in [2.45, 2.75) is 107 Å². The monoisotopic (exact) mass is 764 g/mol. The minimum absolute atomic E-state index is 0. The van der Waals surface area contributed by atoms with Crippen LogP contribution in [-0.2, 0) is 32.6 Å². The molecule has 4 aromatic heterocycles. The van der Waals surface area contributed by atoms with Gasteiger partial charge in [0, 0.05) is 42.9 Å². The number of aromatic nitrogens is 8. The summed E-state index contributed by atoms with van der Waals surface area (Å²) in [7, 11) is 0. The van der Waals surface area contributed by atoms with Crippen LogP contribution in [0.3, 0.4) is 0 Å². The molecule has 0 saturated heterocycles. The van der Waals surface area contributed by atoms with Gasteiger partial charge in [-0.25, -0.2) is 9.97 Å². The van der Waals surface area contributed by atoms with E-state index < -0.39 is 11.8 Å². The normalized spacial score (nSPS) is 11.2. The lowest BCUT2D eigenvalue weighted by molar-refractivity contribution is 0.0992. The Labute approximate surface area is 325 Å². The van der Waals surface area contributed by atoms with Crippen LogP contribution in [0.15, 0.2) is 42.5 Å². The van der Waals surface area contributed by atoms with Crippen molar-refractivity contribution in [1.82, 2.24) is 38.7 Å². The standard InChI is InChI=1S/C39H48N12O4.CH4/c1-6-17-48-30-15-13-25(34(40)52)21-28(30)42-38(48)44-36(54)32-20-23(4)46-51(32)19-11-9-10-12-27-24(5)47-50(8-3)33(27)37(55)45-39-43-29-22-26(35(41)53)14-16-31(29)49(39)18-7-2;/h13-16,20-22H,6-12,17-19H2,1-5H3,(H2,40,52)(H2,41,53)(H,42,44,54)(H,43,45,55);1H4. The molecule has 4 amide bonds. The van der Waals surface area contributed by atoms with Gasteiger partial charge in [0.15, 0.2) is 0 Å². The van der Waals surface area contributed by atoms with Gasteiger partial charge in [-0.2, -0.15) is 10.2 Å². The molecule has 0 unspecified atom stereocenters. The number of primary amides is 2. The zero-order valence-corrected chi connectivity index (χ0v) is 32.0. The summed E-state index contributed by atoms with van der Waals surface area (Å²) in [6, 6.07) is 11.9. The van der Waals surface area contributed by atoms with Crippen molar-refractivity contribution >= 4 is 57.6 Å². The Kier molecular flexibility index (Phi) is 12.7. The fourth-order valence-corrected chi connectivity index (χ4v) is 7.02. The fraction of sp³-hybridized carbons (Fsp3) is 0.400. The third-order valence-electron chi connectivity index (χ3n) is 9.61. The van der Waals surface area contributed by atoms with E-state index in [0.29, 0.717) is 78.0 Å². The second-order valence-electron chi connectivity index (χ2n) is 13.7. The molecule has 16 nitrogen and oxygen atoms in total. The molecule has 0 aliphatic carbocycles. The average Bonchev–Trinajstić information content (AvgIpc) is 3.89. The highest BCUT2D eigenvalue weighted by Gasteiger charge is 2.24. The largest absolute Gasteiger partial charge is 0.366 e. The van der Waals surface area contributed by atoms with Crippen molar-refractivity contribution in [3.63, 3.8) is 0 Å². The molecule has 16 heteroatoms. The number of amides is 4. The van der Waals surface area contributed by atoms with Gasteiger partial charge in [-0.3, -0.25) is 39.2 Å². The number of unbranched alkanes of at least 4 members (excludes halogenated alkanes) is 2. The molecule has 0 spiro atoms. The molecule has 6 N–H and O–H groups in total. The average molecular weight is 765 g/mol. The number of aryl methyl sites for hydroxylation is 6. The van der Waals surface area contributed by atoms with E-state index in [0.717, 1.165) is 60.1 Å². The van der Waals surface area contributed by atoms with Gasteiger partial charge in [-0.1, -0.05) is 27.7 Å². The quantitative estimate of drug-likeness (QED) is 0.0808. The van der Waals surface area contributed by atoms with Gasteiger partial charge in [0.2, 0.25) is 23.7 Å². The van der Waals surface area contributed by atoms with E-state index in [-0.39, 0.29) is 19.2 Å². The molecule has 6 aromatic rings. The summed E-state index contributed by atoms with van der Waals surface area (Å²) in [6.45, 7) is 12.1. The summed E-state index contributed by atoms with van der Waals surface area (Å²) in [6.07, 6.45) is 4.63. The molecule has 0 bridgehead atoms. The highest BCUT2D eigenvalue weighted by atomic mass is 16.2. The van der Waals surface area contributed by atoms with Gasteiger partial charge in [0.05, 0.1) is 33.5 Å². The van der Waals surface area contributed by atoms with Gasteiger partial charge < -0.3 is 20.6 Å². The molecular weight excluding hydrogens is 713 g/mol. The number of anilines is 2. The summed E-state index contributed by atoms with van der Waals surface area (Å²) in [5.41, 5.74) is 17.7. The van der Waals surface area contributed by atoms with Gasteiger partial charge in [-0.05, 0) is 95.3 Å². The number of nitrogens with one attached hydrogen (secondary N) is 2. The minimum Gasteiger partial charge on any atom is -0.366 e. The second-order valence-corrected chi connectivity index (χ2v) is 13.7. The first-order valence-corrected chi connectivity index (χ1v) is 18.8. The molecule has 0 saturated carbocycles. The summed E-state index contributed by atoms with van der Waals surface area (Å²) in [5.74, 6) is -0.941. The first-order valence-electron chi connectivity index (χ1n) is 18.8. The molecule has 4 heterocycles. The number of benzene rings is 2. The van der Waals surface area contributed by atoms with Crippen LogP contribution in [0.2, 0.25) is 0 Å². The number of fused-ring (bicyclic) bond motifs is 2. The Morgan fingerprint density at radius 2 is 1.23 bits per heavy atom. The zero-order valence-electron chi connectivity index (χ0n) is 32.0. The topological polar surface area (TPSA) is 216 Å². The van der Waals surface area contributed by atoms with Crippen LogP contribution >= 0.6 is 0 Å². The Morgan fingerprint density at radius 3 is 1.75 bits per heavy atom. The second kappa shape index (κ2) is 17.4. The van der Waals surface area contributed by atoms with Crippen LogP contribution in [0.25, 0.3) is 22.1 Å². The number of hydrogen-bond donors (Lipinski definition) is 4.